The van der Waals surface area contributed by atoms with Crippen molar-refractivity contribution < 1.29 is 12.8 Å². The molecule has 0 aliphatic rings. The van der Waals surface area contributed by atoms with Crippen LogP contribution in [0.5, 0.6) is 0 Å². The smallest absolute Gasteiger partial charge is 0.266 e. The molecule has 0 saturated heterocycles. The van der Waals surface area contributed by atoms with Gasteiger partial charge in [-0.05, 0) is 30.3 Å². The molecule has 0 atom stereocenters. The Bertz CT molecular complexity index is 1020. The molecule has 2 heterocycles. The van der Waals surface area contributed by atoms with Gasteiger partial charge in [-0.3, -0.25) is 4.79 Å². The van der Waals surface area contributed by atoms with Crippen LogP contribution >= 0.6 is 0 Å². The zero-order chi connectivity index (χ0) is 17.9. The van der Waals surface area contributed by atoms with Crippen LogP contribution in [0.3, 0.4) is 0 Å². The van der Waals surface area contributed by atoms with Gasteiger partial charge in [-0.1, -0.05) is 0 Å². The summed E-state index contributed by atoms with van der Waals surface area (Å²) in [5.41, 5.74) is -0.384. The standard InChI is InChI=1S/C14H13FN6O3S/c15-11-1-3-12(4-2-11)25(23,24)18-7-8-20-14(22)6-5-13(19-20)21-10-16-9-17-21/h1-6,9-10,18H,7-8H2. The molecule has 0 amide bonds. The highest BCUT2D eigenvalue weighted by atomic mass is 32.2. The summed E-state index contributed by atoms with van der Waals surface area (Å²) in [5, 5.41) is 8.01. The second kappa shape index (κ2) is 6.91. The lowest BCUT2D eigenvalue weighted by Crippen LogP contribution is -2.32. The van der Waals surface area contributed by atoms with Crippen molar-refractivity contribution in [1.82, 2.24) is 29.3 Å². The van der Waals surface area contributed by atoms with Crippen molar-refractivity contribution in [3.8, 4) is 5.82 Å². The Balaban J connectivity index is 1.70. The number of hydrogen-bond donors (Lipinski definition) is 1. The molecule has 1 aromatic carbocycles. The van der Waals surface area contributed by atoms with Crippen LogP contribution < -0.4 is 10.3 Å². The molecule has 1 N–H and O–H groups in total. The molecule has 9 nitrogen and oxygen atoms in total. The number of halogens is 1. The summed E-state index contributed by atoms with van der Waals surface area (Å²) < 4.78 is 41.9. The van der Waals surface area contributed by atoms with E-state index in [1.54, 1.807) is 0 Å². The monoisotopic (exact) mass is 364 g/mol. The quantitative estimate of drug-likeness (QED) is 0.656. The molecule has 3 aromatic rings. The number of sulfonamides is 1. The number of nitrogens with one attached hydrogen (secondary N) is 1. The highest BCUT2D eigenvalue weighted by Gasteiger charge is 2.13. The number of benzene rings is 1. The van der Waals surface area contributed by atoms with E-state index in [0.717, 1.165) is 28.9 Å². The molecule has 130 valence electrons. The molecular weight excluding hydrogens is 351 g/mol. The molecule has 0 fully saturated rings. The first-order valence-electron chi connectivity index (χ1n) is 7.14. The molecule has 25 heavy (non-hydrogen) atoms. The van der Waals surface area contributed by atoms with Crippen molar-refractivity contribution >= 4 is 10.0 Å². The van der Waals surface area contributed by atoms with E-state index in [2.05, 4.69) is 19.9 Å². The topological polar surface area (TPSA) is 112 Å². The van der Waals surface area contributed by atoms with Crippen molar-refractivity contribution in [2.24, 2.45) is 0 Å². The minimum atomic E-state index is -3.80. The van der Waals surface area contributed by atoms with Crippen molar-refractivity contribution in [3.63, 3.8) is 0 Å². The summed E-state index contributed by atoms with van der Waals surface area (Å²) in [4.78, 5) is 15.6. The fourth-order valence-electron chi connectivity index (χ4n) is 2.03. The van der Waals surface area contributed by atoms with Gasteiger partial charge in [0, 0.05) is 12.6 Å². The van der Waals surface area contributed by atoms with Gasteiger partial charge in [0.25, 0.3) is 5.56 Å². The molecule has 3 rings (SSSR count). The molecule has 2 aromatic heterocycles. The number of rotatable bonds is 6. The number of aromatic nitrogens is 5. The van der Waals surface area contributed by atoms with E-state index in [-0.39, 0.29) is 23.5 Å². The van der Waals surface area contributed by atoms with Crippen LogP contribution in [0.4, 0.5) is 4.39 Å². The van der Waals surface area contributed by atoms with Crippen LogP contribution in [-0.2, 0) is 16.6 Å². The van der Waals surface area contributed by atoms with Crippen molar-refractivity contribution in [3.05, 3.63) is 65.2 Å². The van der Waals surface area contributed by atoms with Gasteiger partial charge < -0.3 is 0 Å². The van der Waals surface area contributed by atoms with Gasteiger partial charge in [-0.25, -0.2) is 31.9 Å². The van der Waals surface area contributed by atoms with E-state index in [0.29, 0.717) is 5.82 Å². The predicted octanol–water partition coefficient (Wildman–Crippen LogP) is -0.0584. The van der Waals surface area contributed by atoms with E-state index in [1.165, 1.54) is 29.5 Å². The van der Waals surface area contributed by atoms with E-state index >= 15 is 0 Å². The second-order valence-electron chi connectivity index (χ2n) is 4.94. The molecule has 0 bridgehead atoms. The lowest BCUT2D eigenvalue weighted by Gasteiger charge is -2.09. The van der Waals surface area contributed by atoms with Gasteiger partial charge in [0.05, 0.1) is 11.4 Å². The van der Waals surface area contributed by atoms with Crippen LogP contribution in [0.25, 0.3) is 5.82 Å². The first kappa shape index (κ1) is 16.9. The van der Waals surface area contributed by atoms with Gasteiger partial charge >= 0.3 is 0 Å². The summed E-state index contributed by atoms with van der Waals surface area (Å²) in [6.07, 6.45) is 2.75. The molecule has 11 heteroatoms. The maximum Gasteiger partial charge on any atom is 0.266 e. The average molecular weight is 364 g/mol. The maximum atomic E-state index is 12.9. The fraction of sp³-hybridized carbons (Fsp3) is 0.143. The molecule has 0 spiro atoms. The largest absolute Gasteiger partial charge is 0.268 e. The second-order valence-corrected chi connectivity index (χ2v) is 6.71. The Morgan fingerprint density at radius 1 is 1.12 bits per heavy atom. The van der Waals surface area contributed by atoms with Gasteiger partial charge in [-0.15, -0.1) is 5.10 Å². The maximum absolute atomic E-state index is 12.9. The Labute approximate surface area is 141 Å². The van der Waals surface area contributed by atoms with Crippen LogP contribution in [0.2, 0.25) is 0 Å². The minimum absolute atomic E-state index is 0.0157. The molecule has 0 saturated carbocycles. The van der Waals surface area contributed by atoms with E-state index in [1.807, 2.05) is 0 Å². The van der Waals surface area contributed by atoms with Crippen molar-refractivity contribution in [1.29, 1.82) is 0 Å². The molecule has 0 unspecified atom stereocenters. The summed E-state index contributed by atoms with van der Waals surface area (Å²) in [6.45, 7) is -0.0464. The van der Waals surface area contributed by atoms with Crippen LogP contribution in [0.1, 0.15) is 0 Å². The van der Waals surface area contributed by atoms with Gasteiger partial charge in [0.2, 0.25) is 10.0 Å². The summed E-state index contributed by atoms with van der Waals surface area (Å²) in [6, 6.07) is 7.22. The SMILES string of the molecule is O=c1ccc(-n2cncn2)nn1CCNS(=O)(=O)c1ccc(F)cc1. The Morgan fingerprint density at radius 2 is 1.88 bits per heavy atom. The van der Waals surface area contributed by atoms with Gasteiger partial charge in [0.1, 0.15) is 18.5 Å². The predicted molar refractivity (Wildman–Crippen MR) is 85.0 cm³/mol. The third-order valence-corrected chi connectivity index (χ3v) is 4.72. The third kappa shape index (κ3) is 3.95. The molecular formula is C14H13FN6O3S. The van der Waals surface area contributed by atoms with Crippen molar-refractivity contribution in [2.75, 3.05) is 6.54 Å². The summed E-state index contributed by atoms with van der Waals surface area (Å²) in [7, 11) is -3.80. The molecule has 0 radical (unpaired) electrons. The highest BCUT2D eigenvalue weighted by molar-refractivity contribution is 7.89. The summed E-state index contributed by atoms with van der Waals surface area (Å²) >= 11 is 0. The van der Waals surface area contributed by atoms with Crippen molar-refractivity contribution in [2.45, 2.75) is 11.4 Å². The van der Waals surface area contributed by atoms with Crippen LogP contribution in [-0.4, -0.2) is 39.5 Å². The fourth-order valence-corrected chi connectivity index (χ4v) is 3.05. The Hall–Kier alpha value is -2.92. The molecule has 0 aliphatic heterocycles. The lowest BCUT2D eigenvalue weighted by atomic mass is 10.4. The zero-order valence-corrected chi connectivity index (χ0v) is 13.6. The average Bonchev–Trinajstić information content (AvgIpc) is 3.11. The molecule has 0 aliphatic carbocycles. The highest BCUT2D eigenvalue weighted by Crippen LogP contribution is 2.09. The minimum Gasteiger partial charge on any atom is -0.268 e. The lowest BCUT2D eigenvalue weighted by molar-refractivity contribution is 0.541. The number of nitrogens with zero attached hydrogens (tertiary/aromatic N) is 5. The van der Waals surface area contributed by atoms with Gasteiger partial charge in [-0.2, -0.15) is 5.10 Å². The Morgan fingerprint density at radius 3 is 2.56 bits per heavy atom. The van der Waals surface area contributed by atoms with Gasteiger partial charge in [0.15, 0.2) is 5.82 Å². The Kier molecular flexibility index (Phi) is 4.67. The van der Waals surface area contributed by atoms with E-state index < -0.39 is 15.8 Å². The number of hydrogen-bond acceptors (Lipinski definition) is 6. The summed E-state index contributed by atoms with van der Waals surface area (Å²) in [5.74, 6) is -0.155. The van der Waals surface area contributed by atoms with E-state index in [4.69, 9.17) is 0 Å². The normalized spacial score (nSPS) is 11.6. The first-order chi connectivity index (χ1) is 12.0. The third-order valence-electron chi connectivity index (χ3n) is 3.25. The van der Waals surface area contributed by atoms with E-state index in [9.17, 15) is 17.6 Å². The van der Waals surface area contributed by atoms with Crippen LogP contribution in [0.15, 0.2) is 58.7 Å². The first-order valence-corrected chi connectivity index (χ1v) is 8.62. The van der Waals surface area contributed by atoms with Crippen LogP contribution in [0, 0.1) is 5.82 Å². The zero-order valence-electron chi connectivity index (χ0n) is 12.8.